The van der Waals surface area contributed by atoms with Crippen molar-refractivity contribution in [2.24, 2.45) is 0 Å². The molecular weight excluding hydrogens is 228 g/mol. The van der Waals surface area contributed by atoms with Crippen LogP contribution in [-0.4, -0.2) is 54.3 Å². The maximum atomic E-state index is 8.80. The number of nitrogens with zero attached hydrogens (tertiary/aromatic N) is 4. The molecular formula is C13H18N4O. The molecule has 1 aliphatic rings. The van der Waals surface area contributed by atoms with Crippen LogP contribution in [-0.2, 0) is 0 Å². The predicted octanol–water partition coefficient (Wildman–Crippen LogP) is 0.458. The molecule has 0 radical (unpaired) electrons. The molecule has 2 rings (SSSR count). The lowest BCUT2D eigenvalue weighted by molar-refractivity contribution is 0.215. The fourth-order valence-corrected chi connectivity index (χ4v) is 2.13. The number of rotatable bonds is 4. The Labute approximate surface area is 107 Å². The van der Waals surface area contributed by atoms with Gasteiger partial charge in [0.1, 0.15) is 11.9 Å². The standard InChI is InChI=1S/C13H18N4O/c14-10-12-2-3-13(15-11-12)17-7-5-16(6-8-17)4-1-9-18/h2-3,11,18H,1,4-9H2. The van der Waals surface area contributed by atoms with Gasteiger partial charge in [0.2, 0.25) is 0 Å². The summed E-state index contributed by atoms with van der Waals surface area (Å²) in [5, 5.41) is 17.5. The molecule has 0 spiro atoms. The first-order chi connectivity index (χ1) is 8.83. The average molecular weight is 246 g/mol. The molecule has 1 saturated heterocycles. The Hall–Kier alpha value is -1.64. The molecule has 1 aliphatic heterocycles. The first-order valence-electron chi connectivity index (χ1n) is 6.28. The molecule has 5 heteroatoms. The van der Waals surface area contributed by atoms with E-state index in [4.69, 9.17) is 10.4 Å². The van der Waals surface area contributed by atoms with Gasteiger partial charge in [-0.1, -0.05) is 0 Å². The summed E-state index contributed by atoms with van der Waals surface area (Å²) < 4.78 is 0. The third-order valence-corrected chi connectivity index (χ3v) is 3.21. The molecule has 0 amide bonds. The Morgan fingerprint density at radius 3 is 2.61 bits per heavy atom. The summed E-state index contributed by atoms with van der Waals surface area (Å²) >= 11 is 0. The van der Waals surface area contributed by atoms with E-state index < -0.39 is 0 Å². The number of piperazine rings is 1. The molecule has 0 unspecified atom stereocenters. The third kappa shape index (κ3) is 3.19. The quantitative estimate of drug-likeness (QED) is 0.836. The minimum atomic E-state index is 0.261. The van der Waals surface area contributed by atoms with E-state index in [-0.39, 0.29) is 6.61 Å². The van der Waals surface area contributed by atoms with Crippen LogP contribution in [0.4, 0.5) is 5.82 Å². The highest BCUT2D eigenvalue weighted by molar-refractivity contribution is 5.42. The summed E-state index contributed by atoms with van der Waals surface area (Å²) in [6.07, 6.45) is 2.46. The number of aromatic nitrogens is 1. The van der Waals surface area contributed by atoms with Gasteiger partial charge < -0.3 is 10.0 Å². The fourth-order valence-electron chi connectivity index (χ4n) is 2.13. The second-order valence-corrected chi connectivity index (χ2v) is 4.42. The molecule has 96 valence electrons. The lowest BCUT2D eigenvalue weighted by Crippen LogP contribution is -2.47. The van der Waals surface area contributed by atoms with Crippen LogP contribution in [0.5, 0.6) is 0 Å². The van der Waals surface area contributed by atoms with Crippen molar-refractivity contribution in [2.75, 3.05) is 44.2 Å². The zero-order valence-corrected chi connectivity index (χ0v) is 10.4. The first-order valence-corrected chi connectivity index (χ1v) is 6.28. The van der Waals surface area contributed by atoms with Gasteiger partial charge in [-0.05, 0) is 18.6 Å². The molecule has 0 aromatic carbocycles. The highest BCUT2D eigenvalue weighted by Crippen LogP contribution is 2.13. The zero-order valence-electron chi connectivity index (χ0n) is 10.4. The second-order valence-electron chi connectivity index (χ2n) is 4.42. The molecule has 0 atom stereocenters. The van der Waals surface area contributed by atoms with Crippen molar-refractivity contribution in [3.63, 3.8) is 0 Å². The van der Waals surface area contributed by atoms with Crippen molar-refractivity contribution in [2.45, 2.75) is 6.42 Å². The highest BCUT2D eigenvalue weighted by atomic mass is 16.3. The zero-order chi connectivity index (χ0) is 12.8. The van der Waals surface area contributed by atoms with Crippen LogP contribution in [0.25, 0.3) is 0 Å². The summed E-state index contributed by atoms with van der Waals surface area (Å²) in [4.78, 5) is 8.90. The predicted molar refractivity (Wildman–Crippen MR) is 69.3 cm³/mol. The van der Waals surface area contributed by atoms with Crippen molar-refractivity contribution in [3.8, 4) is 6.07 Å². The maximum Gasteiger partial charge on any atom is 0.128 e. The van der Waals surface area contributed by atoms with E-state index in [0.29, 0.717) is 5.56 Å². The minimum absolute atomic E-state index is 0.261. The van der Waals surface area contributed by atoms with Gasteiger partial charge in [-0.15, -0.1) is 0 Å². The highest BCUT2D eigenvalue weighted by Gasteiger charge is 2.17. The SMILES string of the molecule is N#Cc1ccc(N2CCN(CCCO)CC2)nc1. The monoisotopic (exact) mass is 246 g/mol. The lowest BCUT2D eigenvalue weighted by Gasteiger charge is -2.35. The number of nitriles is 1. The molecule has 2 heterocycles. The Balaban J connectivity index is 1.87. The second kappa shape index (κ2) is 6.34. The van der Waals surface area contributed by atoms with Crippen LogP contribution < -0.4 is 4.90 Å². The van der Waals surface area contributed by atoms with Crippen molar-refractivity contribution < 1.29 is 5.11 Å². The van der Waals surface area contributed by atoms with Gasteiger partial charge in [-0.2, -0.15) is 5.26 Å². The van der Waals surface area contributed by atoms with E-state index in [9.17, 15) is 0 Å². The Morgan fingerprint density at radius 1 is 1.28 bits per heavy atom. The molecule has 5 nitrogen and oxygen atoms in total. The van der Waals surface area contributed by atoms with E-state index in [0.717, 1.165) is 45.0 Å². The number of hydrogen-bond acceptors (Lipinski definition) is 5. The van der Waals surface area contributed by atoms with Crippen LogP contribution in [0.3, 0.4) is 0 Å². The number of hydrogen-bond donors (Lipinski definition) is 1. The Kier molecular flexibility index (Phi) is 4.51. The van der Waals surface area contributed by atoms with Gasteiger partial charge in [0, 0.05) is 45.5 Å². The van der Waals surface area contributed by atoms with Crippen molar-refractivity contribution in [3.05, 3.63) is 23.9 Å². The number of pyridine rings is 1. The molecule has 1 N–H and O–H groups in total. The van der Waals surface area contributed by atoms with Crippen molar-refractivity contribution in [1.29, 1.82) is 5.26 Å². The van der Waals surface area contributed by atoms with E-state index in [1.54, 1.807) is 12.3 Å². The third-order valence-electron chi connectivity index (χ3n) is 3.21. The van der Waals surface area contributed by atoms with Crippen molar-refractivity contribution >= 4 is 5.82 Å². The largest absolute Gasteiger partial charge is 0.396 e. The molecule has 1 fully saturated rings. The van der Waals surface area contributed by atoms with Gasteiger partial charge in [0.25, 0.3) is 0 Å². The van der Waals surface area contributed by atoms with Crippen LogP contribution in [0.1, 0.15) is 12.0 Å². The number of aliphatic hydroxyl groups is 1. The number of anilines is 1. The summed E-state index contributed by atoms with van der Waals surface area (Å²) in [7, 11) is 0. The van der Waals surface area contributed by atoms with Crippen LogP contribution in [0.2, 0.25) is 0 Å². The van der Waals surface area contributed by atoms with E-state index >= 15 is 0 Å². The van der Waals surface area contributed by atoms with Gasteiger partial charge in [-0.3, -0.25) is 4.90 Å². The number of aliphatic hydroxyl groups excluding tert-OH is 1. The Morgan fingerprint density at radius 2 is 2.06 bits per heavy atom. The molecule has 1 aromatic heterocycles. The van der Waals surface area contributed by atoms with Gasteiger partial charge in [0.15, 0.2) is 0 Å². The fraction of sp³-hybridized carbons (Fsp3) is 0.538. The molecule has 0 bridgehead atoms. The summed E-state index contributed by atoms with van der Waals surface area (Å²) in [5.41, 5.74) is 0.598. The van der Waals surface area contributed by atoms with E-state index in [2.05, 4.69) is 20.9 Å². The van der Waals surface area contributed by atoms with E-state index in [1.165, 1.54) is 0 Å². The van der Waals surface area contributed by atoms with Gasteiger partial charge >= 0.3 is 0 Å². The maximum absolute atomic E-state index is 8.80. The summed E-state index contributed by atoms with van der Waals surface area (Å²) in [6, 6.07) is 5.79. The van der Waals surface area contributed by atoms with E-state index in [1.807, 2.05) is 6.07 Å². The summed E-state index contributed by atoms with van der Waals surface area (Å²) in [6.45, 7) is 5.13. The smallest absolute Gasteiger partial charge is 0.128 e. The first kappa shape index (κ1) is 12.8. The van der Waals surface area contributed by atoms with Crippen molar-refractivity contribution in [1.82, 2.24) is 9.88 Å². The normalized spacial score (nSPS) is 16.6. The molecule has 0 saturated carbocycles. The van der Waals surface area contributed by atoms with Crippen LogP contribution >= 0.6 is 0 Å². The van der Waals surface area contributed by atoms with Crippen LogP contribution in [0, 0.1) is 11.3 Å². The lowest BCUT2D eigenvalue weighted by atomic mass is 10.2. The van der Waals surface area contributed by atoms with Gasteiger partial charge in [-0.25, -0.2) is 4.98 Å². The van der Waals surface area contributed by atoms with Gasteiger partial charge in [0.05, 0.1) is 5.56 Å². The molecule has 18 heavy (non-hydrogen) atoms. The molecule has 1 aromatic rings. The van der Waals surface area contributed by atoms with Crippen LogP contribution in [0.15, 0.2) is 18.3 Å². The minimum Gasteiger partial charge on any atom is -0.396 e. The molecule has 0 aliphatic carbocycles. The topological polar surface area (TPSA) is 63.4 Å². The average Bonchev–Trinajstić information content (AvgIpc) is 2.46. The summed E-state index contributed by atoms with van der Waals surface area (Å²) in [5.74, 6) is 0.941. The Bertz CT molecular complexity index is 404.